The standard InChI is InChI=1S/C20H18ClN3OS/c21-17-11-5-4-10-16(17)13-14-18(25)22-20-24-23-19(26-20)12-6-9-15-7-2-1-3-8-15/h1-5,7-8,10-11,13-14H,6,9,12H2,(H,22,24,25)/b14-13+. The van der Waals surface area contributed by atoms with E-state index in [1.807, 2.05) is 36.4 Å². The van der Waals surface area contributed by atoms with Gasteiger partial charge in [-0.05, 0) is 36.1 Å². The summed E-state index contributed by atoms with van der Waals surface area (Å²) in [4.78, 5) is 12.0. The second-order valence-electron chi connectivity index (χ2n) is 5.68. The SMILES string of the molecule is O=C(/C=C/c1ccccc1Cl)Nc1nnc(CCCc2ccccc2)s1. The highest BCUT2D eigenvalue weighted by molar-refractivity contribution is 7.15. The highest BCUT2D eigenvalue weighted by atomic mass is 35.5. The van der Waals surface area contributed by atoms with Gasteiger partial charge in [0.15, 0.2) is 0 Å². The molecule has 3 aromatic rings. The molecule has 3 rings (SSSR count). The second kappa shape index (κ2) is 9.27. The van der Waals surface area contributed by atoms with Crippen molar-refractivity contribution >= 4 is 40.1 Å². The number of nitrogens with zero attached hydrogens (tertiary/aromatic N) is 2. The predicted octanol–water partition coefficient (Wildman–Crippen LogP) is 5.02. The third kappa shape index (κ3) is 5.51. The molecule has 0 bridgehead atoms. The number of rotatable bonds is 7. The van der Waals surface area contributed by atoms with Gasteiger partial charge in [-0.1, -0.05) is 71.5 Å². The number of hydrogen-bond donors (Lipinski definition) is 1. The third-order valence-electron chi connectivity index (χ3n) is 3.72. The Kier molecular flexibility index (Phi) is 6.52. The molecule has 26 heavy (non-hydrogen) atoms. The maximum Gasteiger partial charge on any atom is 0.250 e. The molecule has 6 heteroatoms. The van der Waals surface area contributed by atoms with Gasteiger partial charge in [-0.15, -0.1) is 10.2 Å². The number of amides is 1. The first-order valence-corrected chi connectivity index (χ1v) is 9.50. The molecule has 0 saturated heterocycles. The van der Waals surface area contributed by atoms with Gasteiger partial charge in [0.05, 0.1) is 0 Å². The number of carbonyl (C=O) groups is 1. The van der Waals surface area contributed by atoms with Gasteiger partial charge >= 0.3 is 0 Å². The zero-order chi connectivity index (χ0) is 18.2. The molecule has 0 aliphatic rings. The summed E-state index contributed by atoms with van der Waals surface area (Å²) >= 11 is 7.47. The molecule has 0 radical (unpaired) electrons. The molecule has 4 nitrogen and oxygen atoms in total. The zero-order valence-corrected chi connectivity index (χ0v) is 15.6. The molecular weight excluding hydrogens is 366 g/mol. The summed E-state index contributed by atoms with van der Waals surface area (Å²) in [6, 6.07) is 17.7. The summed E-state index contributed by atoms with van der Waals surface area (Å²) in [7, 11) is 0. The Labute approximate surface area is 161 Å². The Morgan fingerprint density at radius 3 is 2.62 bits per heavy atom. The van der Waals surface area contributed by atoms with Crippen LogP contribution in [0.1, 0.15) is 22.6 Å². The molecule has 0 fully saturated rings. The first-order chi connectivity index (χ1) is 12.7. The fourth-order valence-corrected chi connectivity index (χ4v) is 3.40. The van der Waals surface area contributed by atoms with Gasteiger partial charge in [-0.3, -0.25) is 10.1 Å². The number of benzene rings is 2. The highest BCUT2D eigenvalue weighted by Crippen LogP contribution is 2.19. The van der Waals surface area contributed by atoms with Crippen molar-refractivity contribution in [3.63, 3.8) is 0 Å². The molecule has 1 aromatic heterocycles. The Morgan fingerprint density at radius 2 is 1.81 bits per heavy atom. The Hall–Kier alpha value is -2.50. The van der Waals surface area contributed by atoms with Crippen LogP contribution in [0.5, 0.6) is 0 Å². The molecule has 0 saturated carbocycles. The Morgan fingerprint density at radius 1 is 1.04 bits per heavy atom. The van der Waals surface area contributed by atoms with Gasteiger partial charge < -0.3 is 0 Å². The lowest BCUT2D eigenvalue weighted by Crippen LogP contribution is -2.07. The summed E-state index contributed by atoms with van der Waals surface area (Å²) in [5.41, 5.74) is 2.11. The molecule has 1 heterocycles. The lowest BCUT2D eigenvalue weighted by molar-refractivity contribution is -0.111. The molecule has 1 N–H and O–H groups in total. The fraction of sp³-hybridized carbons (Fsp3) is 0.150. The van der Waals surface area contributed by atoms with E-state index in [-0.39, 0.29) is 5.91 Å². The summed E-state index contributed by atoms with van der Waals surface area (Å²) in [6.45, 7) is 0. The molecule has 132 valence electrons. The molecule has 0 aliphatic heterocycles. The van der Waals surface area contributed by atoms with Crippen molar-refractivity contribution in [3.05, 3.63) is 81.8 Å². The average molecular weight is 384 g/mol. The summed E-state index contributed by atoms with van der Waals surface area (Å²) in [6.07, 6.45) is 5.97. The van der Waals surface area contributed by atoms with Crippen LogP contribution in [0.3, 0.4) is 0 Å². The van der Waals surface area contributed by atoms with E-state index < -0.39 is 0 Å². The maximum absolute atomic E-state index is 12.0. The minimum Gasteiger partial charge on any atom is -0.297 e. The van der Waals surface area contributed by atoms with Crippen molar-refractivity contribution in [1.29, 1.82) is 0 Å². The van der Waals surface area contributed by atoms with Gasteiger partial charge in [0.2, 0.25) is 11.0 Å². The van der Waals surface area contributed by atoms with E-state index in [9.17, 15) is 4.79 Å². The van der Waals surface area contributed by atoms with Crippen LogP contribution in [0, 0.1) is 0 Å². The first kappa shape index (κ1) is 18.3. The van der Waals surface area contributed by atoms with Gasteiger partial charge in [0, 0.05) is 17.5 Å². The van der Waals surface area contributed by atoms with Crippen LogP contribution in [0.15, 0.2) is 60.7 Å². The summed E-state index contributed by atoms with van der Waals surface area (Å²) in [5, 5.41) is 12.9. The Balaban J connectivity index is 1.48. The molecule has 2 aromatic carbocycles. The smallest absolute Gasteiger partial charge is 0.250 e. The molecule has 0 aliphatic carbocycles. The third-order valence-corrected chi connectivity index (χ3v) is 4.96. The maximum atomic E-state index is 12.0. The topological polar surface area (TPSA) is 54.9 Å². The predicted molar refractivity (Wildman–Crippen MR) is 107 cm³/mol. The van der Waals surface area contributed by atoms with E-state index in [2.05, 4.69) is 27.6 Å². The van der Waals surface area contributed by atoms with Crippen LogP contribution in [-0.2, 0) is 17.6 Å². The van der Waals surface area contributed by atoms with Gasteiger partial charge in [-0.2, -0.15) is 0 Å². The van der Waals surface area contributed by atoms with Crippen molar-refractivity contribution in [1.82, 2.24) is 10.2 Å². The average Bonchev–Trinajstić information content (AvgIpc) is 3.09. The number of carbonyl (C=O) groups excluding carboxylic acids is 1. The fourth-order valence-electron chi connectivity index (χ4n) is 2.42. The summed E-state index contributed by atoms with van der Waals surface area (Å²) < 4.78 is 0. The van der Waals surface area contributed by atoms with Gasteiger partial charge in [0.25, 0.3) is 0 Å². The van der Waals surface area contributed by atoms with E-state index in [0.717, 1.165) is 29.8 Å². The molecule has 0 atom stereocenters. The number of hydrogen-bond acceptors (Lipinski definition) is 4. The van der Waals surface area contributed by atoms with Crippen LogP contribution in [0.2, 0.25) is 5.02 Å². The van der Waals surface area contributed by atoms with Crippen LogP contribution in [0.4, 0.5) is 5.13 Å². The number of anilines is 1. The normalized spacial score (nSPS) is 11.0. The lowest BCUT2D eigenvalue weighted by atomic mass is 10.1. The van der Waals surface area contributed by atoms with Crippen molar-refractivity contribution in [2.75, 3.05) is 5.32 Å². The zero-order valence-electron chi connectivity index (χ0n) is 14.1. The van der Waals surface area contributed by atoms with E-state index in [1.165, 1.54) is 23.0 Å². The van der Waals surface area contributed by atoms with Crippen LogP contribution >= 0.6 is 22.9 Å². The van der Waals surface area contributed by atoms with Crippen molar-refractivity contribution < 1.29 is 4.79 Å². The van der Waals surface area contributed by atoms with Crippen molar-refractivity contribution in [2.45, 2.75) is 19.3 Å². The number of halogens is 1. The van der Waals surface area contributed by atoms with Gasteiger partial charge in [-0.25, -0.2) is 0 Å². The second-order valence-corrected chi connectivity index (χ2v) is 7.15. The van der Waals surface area contributed by atoms with E-state index in [1.54, 1.807) is 12.1 Å². The minimum atomic E-state index is -0.253. The van der Waals surface area contributed by atoms with Crippen molar-refractivity contribution in [3.8, 4) is 0 Å². The lowest BCUT2D eigenvalue weighted by Gasteiger charge is -1.98. The quantitative estimate of drug-likeness (QED) is 0.583. The van der Waals surface area contributed by atoms with Crippen LogP contribution in [-0.4, -0.2) is 16.1 Å². The molecule has 0 unspecified atom stereocenters. The summed E-state index contributed by atoms with van der Waals surface area (Å²) in [5.74, 6) is -0.253. The highest BCUT2D eigenvalue weighted by Gasteiger charge is 2.06. The van der Waals surface area contributed by atoms with Crippen LogP contribution < -0.4 is 5.32 Å². The van der Waals surface area contributed by atoms with E-state index in [0.29, 0.717) is 10.2 Å². The Bertz CT molecular complexity index is 893. The van der Waals surface area contributed by atoms with Crippen molar-refractivity contribution in [2.24, 2.45) is 0 Å². The minimum absolute atomic E-state index is 0.253. The van der Waals surface area contributed by atoms with Gasteiger partial charge in [0.1, 0.15) is 5.01 Å². The van der Waals surface area contributed by atoms with Crippen LogP contribution in [0.25, 0.3) is 6.08 Å². The number of aryl methyl sites for hydroxylation is 2. The first-order valence-electron chi connectivity index (χ1n) is 8.30. The number of aromatic nitrogens is 2. The van der Waals surface area contributed by atoms with E-state index in [4.69, 9.17) is 11.6 Å². The van der Waals surface area contributed by atoms with E-state index >= 15 is 0 Å². The number of nitrogens with one attached hydrogen (secondary N) is 1. The molecule has 1 amide bonds. The largest absolute Gasteiger partial charge is 0.297 e. The molecular formula is C20H18ClN3OS. The molecule has 0 spiro atoms. The monoisotopic (exact) mass is 383 g/mol.